The third-order valence-corrected chi connectivity index (χ3v) is 5.66. The van der Waals surface area contributed by atoms with Gasteiger partial charge in [-0.15, -0.1) is 11.3 Å². The molecule has 0 saturated heterocycles. The molecule has 2 heterocycles. The van der Waals surface area contributed by atoms with Crippen LogP contribution in [0.5, 0.6) is 0 Å². The molecule has 27 heavy (non-hydrogen) atoms. The van der Waals surface area contributed by atoms with Crippen LogP contribution in [0.1, 0.15) is 33.0 Å². The van der Waals surface area contributed by atoms with Crippen molar-refractivity contribution in [3.05, 3.63) is 68.3 Å². The predicted octanol–water partition coefficient (Wildman–Crippen LogP) is 4.53. The molecular weight excluding hydrogens is 366 g/mol. The Hall–Kier alpha value is -3.44. The van der Waals surface area contributed by atoms with Gasteiger partial charge < -0.3 is 9.73 Å². The maximum atomic E-state index is 12.5. The Bertz CT molecular complexity index is 1110. The Labute approximate surface area is 158 Å². The molecule has 1 aliphatic rings. The second-order valence-corrected chi connectivity index (χ2v) is 7.17. The largest absolute Gasteiger partial charge is 0.451 e. The number of nitro benzene ring substituents is 1. The molecule has 1 N–H and O–H groups in total. The lowest BCUT2D eigenvalue weighted by atomic mass is 10.1. The minimum atomic E-state index is -0.496. The summed E-state index contributed by atoms with van der Waals surface area (Å²) in [6.07, 6.45) is 2.81. The monoisotopic (exact) mass is 379 g/mol. The first-order valence-corrected chi connectivity index (χ1v) is 9.09. The average Bonchev–Trinajstić information content (AvgIpc) is 3.37. The molecule has 3 aromatic rings. The first-order chi connectivity index (χ1) is 13.1. The zero-order valence-electron chi connectivity index (χ0n) is 14.0. The molecule has 7 nitrogen and oxygen atoms in total. The molecule has 0 unspecified atom stereocenters. The van der Waals surface area contributed by atoms with Crippen molar-refractivity contribution in [2.24, 2.45) is 0 Å². The van der Waals surface area contributed by atoms with E-state index in [0.29, 0.717) is 16.1 Å². The fraction of sp³-hybridized carbons (Fsp3) is 0.158. The van der Waals surface area contributed by atoms with Crippen molar-refractivity contribution in [1.29, 1.82) is 5.26 Å². The van der Waals surface area contributed by atoms with Crippen LogP contribution in [0.4, 0.5) is 10.7 Å². The van der Waals surface area contributed by atoms with Crippen LogP contribution in [-0.2, 0) is 12.8 Å². The van der Waals surface area contributed by atoms with Crippen molar-refractivity contribution in [1.82, 2.24) is 0 Å². The van der Waals surface area contributed by atoms with Crippen molar-refractivity contribution >= 4 is 27.9 Å². The number of aryl methyl sites for hydroxylation is 1. The second kappa shape index (κ2) is 6.70. The van der Waals surface area contributed by atoms with E-state index >= 15 is 0 Å². The number of nitriles is 1. The van der Waals surface area contributed by atoms with E-state index in [-0.39, 0.29) is 17.2 Å². The number of benzene rings is 1. The lowest BCUT2D eigenvalue weighted by Gasteiger charge is -2.02. The minimum absolute atomic E-state index is 0.0283. The molecule has 0 radical (unpaired) electrons. The lowest BCUT2D eigenvalue weighted by Crippen LogP contribution is -2.10. The number of furan rings is 1. The highest BCUT2D eigenvalue weighted by Crippen LogP contribution is 2.39. The SMILES string of the molecule is N#Cc1c(NC(=O)c2ccc(-c3ccccc3[N+](=O)[O-])o2)sc2c1CCC2. The number of fused-ring (bicyclic) bond motifs is 1. The van der Waals surface area contributed by atoms with Crippen LogP contribution < -0.4 is 5.32 Å². The van der Waals surface area contributed by atoms with E-state index in [2.05, 4.69) is 11.4 Å². The maximum Gasteiger partial charge on any atom is 0.292 e. The summed E-state index contributed by atoms with van der Waals surface area (Å²) in [4.78, 5) is 24.3. The van der Waals surface area contributed by atoms with Gasteiger partial charge >= 0.3 is 0 Å². The number of carbonyl (C=O) groups excluding carboxylic acids is 1. The molecule has 134 valence electrons. The molecule has 0 saturated carbocycles. The lowest BCUT2D eigenvalue weighted by molar-refractivity contribution is -0.384. The number of para-hydroxylation sites is 1. The van der Waals surface area contributed by atoms with Crippen molar-refractivity contribution < 1.29 is 14.1 Å². The van der Waals surface area contributed by atoms with Gasteiger partial charge in [-0.1, -0.05) is 12.1 Å². The zero-order valence-corrected chi connectivity index (χ0v) is 14.8. The highest BCUT2D eigenvalue weighted by atomic mass is 32.1. The number of amides is 1. The molecular formula is C19H13N3O4S. The minimum Gasteiger partial charge on any atom is -0.451 e. The van der Waals surface area contributed by atoms with Gasteiger partial charge in [0.1, 0.15) is 16.8 Å². The van der Waals surface area contributed by atoms with E-state index in [1.165, 1.54) is 29.5 Å². The van der Waals surface area contributed by atoms with Gasteiger partial charge in [0, 0.05) is 10.9 Å². The number of hydrogen-bond acceptors (Lipinski definition) is 6. The van der Waals surface area contributed by atoms with E-state index in [0.717, 1.165) is 29.7 Å². The Morgan fingerprint density at radius 3 is 2.85 bits per heavy atom. The van der Waals surface area contributed by atoms with Crippen molar-refractivity contribution in [3.63, 3.8) is 0 Å². The van der Waals surface area contributed by atoms with Crippen LogP contribution in [0.2, 0.25) is 0 Å². The number of nitrogens with zero attached hydrogens (tertiary/aromatic N) is 2. The molecule has 0 bridgehead atoms. The molecule has 0 fully saturated rings. The normalized spacial score (nSPS) is 12.4. The summed E-state index contributed by atoms with van der Waals surface area (Å²) in [7, 11) is 0. The van der Waals surface area contributed by atoms with Crippen LogP contribution in [0, 0.1) is 21.4 Å². The molecule has 4 rings (SSSR count). The van der Waals surface area contributed by atoms with Gasteiger partial charge in [0.15, 0.2) is 5.76 Å². The summed E-state index contributed by atoms with van der Waals surface area (Å²) in [5.41, 5.74) is 1.75. The van der Waals surface area contributed by atoms with E-state index in [1.807, 2.05) is 0 Å². The summed E-state index contributed by atoms with van der Waals surface area (Å²) in [6.45, 7) is 0. The molecule has 1 aliphatic carbocycles. The van der Waals surface area contributed by atoms with Gasteiger partial charge in [0.2, 0.25) is 0 Å². The molecule has 1 amide bonds. The summed E-state index contributed by atoms with van der Waals surface area (Å²) >= 11 is 1.42. The van der Waals surface area contributed by atoms with Crippen LogP contribution in [0.3, 0.4) is 0 Å². The Morgan fingerprint density at radius 1 is 1.26 bits per heavy atom. The smallest absolute Gasteiger partial charge is 0.292 e. The van der Waals surface area contributed by atoms with Gasteiger partial charge in [-0.25, -0.2) is 0 Å². The first kappa shape index (κ1) is 17.0. The van der Waals surface area contributed by atoms with Crippen LogP contribution >= 0.6 is 11.3 Å². The highest BCUT2D eigenvalue weighted by molar-refractivity contribution is 7.16. The molecule has 0 atom stereocenters. The number of nitro groups is 1. The number of thiophene rings is 1. The van der Waals surface area contributed by atoms with E-state index in [9.17, 15) is 20.2 Å². The number of nitrogens with one attached hydrogen (secondary N) is 1. The van der Waals surface area contributed by atoms with E-state index in [4.69, 9.17) is 4.42 Å². The van der Waals surface area contributed by atoms with Gasteiger partial charge in [-0.2, -0.15) is 5.26 Å². The standard InChI is InChI=1S/C19H13N3O4S/c20-10-13-11-5-3-7-17(11)27-19(13)21-18(23)16-9-8-15(26-16)12-4-1-2-6-14(12)22(24)25/h1-2,4,6,8-9H,3,5,7H2,(H,21,23). The Balaban J connectivity index is 1.61. The molecule has 8 heteroatoms. The average molecular weight is 379 g/mol. The maximum absolute atomic E-state index is 12.5. The van der Waals surface area contributed by atoms with Crippen molar-refractivity contribution in [2.45, 2.75) is 19.3 Å². The Kier molecular flexibility index (Phi) is 4.22. The summed E-state index contributed by atoms with van der Waals surface area (Å²) in [5, 5.41) is 23.8. The van der Waals surface area contributed by atoms with Crippen molar-refractivity contribution in [2.75, 3.05) is 5.32 Å². The number of carbonyl (C=O) groups is 1. The van der Waals surface area contributed by atoms with Crippen LogP contribution in [0.25, 0.3) is 11.3 Å². The molecule has 0 spiro atoms. The predicted molar refractivity (Wildman–Crippen MR) is 99.8 cm³/mol. The van der Waals surface area contributed by atoms with E-state index < -0.39 is 10.8 Å². The highest BCUT2D eigenvalue weighted by Gasteiger charge is 2.24. The van der Waals surface area contributed by atoms with Crippen molar-refractivity contribution in [3.8, 4) is 17.4 Å². The van der Waals surface area contributed by atoms with Crippen LogP contribution in [-0.4, -0.2) is 10.8 Å². The van der Waals surface area contributed by atoms with Gasteiger partial charge in [0.25, 0.3) is 11.6 Å². The molecule has 1 aromatic carbocycles. The van der Waals surface area contributed by atoms with E-state index in [1.54, 1.807) is 18.2 Å². The number of rotatable bonds is 4. The second-order valence-electron chi connectivity index (χ2n) is 6.07. The third-order valence-electron chi connectivity index (χ3n) is 4.46. The molecule has 2 aromatic heterocycles. The zero-order chi connectivity index (χ0) is 19.0. The summed E-state index contributed by atoms with van der Waals surface area (Å²) < 4.78 is 5.55. The Morgan fingerprint density at radius 2 is 2.07 bits per heavy atom. The topological polar surface area (TPSA) is 109 Å². The number of anilines is 1. The fourth-order valence-corrected chi connectivity index (χ4v) is 4.46. The fourth-order valence-electron chi connectivity index (χ4n) is 3.22. The van der Waals surface area contributed by atoms with Gasteiger partial charge in [-0.3, -0.25) is 14.9 Å². The van der Waals surface area contributed by atoms with Crippen LogP contribution in [0.15, 0.2) is 40.8 Å². The number of hydrogen-bond donors (Lipinski definition) is 1. The van der Waals surface area contributed by atoms with Gasteiger partial charge in [0.05, 0.1) is 16.1 Å². The summed E-state index contributed by atoms with van der Waals surface area (Å²) in [5.74, 6) is -0.224. The first-order valence-electron chi connectivity index (χ1n) is 8.28. The van der Waals surface area contributed by atoms with Gasteiger partial charge in [-0.05, 0) is 43.0 Å². The molecule has 0 aliphatic heterocycles. The summed E-state index contributed by atoms with van der Waals surface area (Å²) in [6, 6.07) is 11.3. The third kappa shape index (κ3) is 2.98. The quantitative estimate of drug-likeness (QED) is 0.529.